The number of hydrogen-bond acceptors (Lipinski definition) is 4. The molecule has 0 radical (unpaired) electrons. The third kappa shape index (κ3) is 2.14. The molecule has 0 bridgehead atoms. The first-order chi connectivity index (χ1) is 9.54. The molecule has 0 spiro atoms. The first kappa shape index (κ1) is 14.4. The van der Waals surface area contributed by atoms with Gasteiger partial charge in [0.05, 0.1) is 18.7 Å². The molecule has 2 atom stereocenters. The van der Waals surface area contributed by atoms with E-state index in [2.05, 4.69) is 31.7 Å². The Labute approximate surface area is 120 Å². The summed E-state index contributed by atoms with van der Waals surface area (Å²) in [7, 11) is 1.43. The minimum absolute atomic E-state index is 0.0770. The molecule has 0 fully saturated rings. The third-order valence-electron chi connectivity index (χ3n) is 3.95. The van der Waals surface area contributed by atoms with Crippen molar-refractivity contribution in [2.45, 2.75) is 45.2 Å². The third-order valence-corrected chi connectivity index (χ3v) is 3.95. The Morgan fingerprint density at radius 2 is 2.20 bits per heavy atom. The van der Waals surface area contributed by atoms with E-state index in [0.29, 0.717) is 5.56 Å². The lowest BCUT2D eigenvalue weighted by atomic mass is 9.91. The van der Waals surface area contributed by atoms with Gasteiger partial charge in [-0.1, -0.05) is 6.92 Å². The molecular formula is C16H20N2O2. The van der Waals surface area contributed by atoms with Crippen molar-refractivity contribution in [3.8, 4) is 6.07 Å². The Morgan fingerprint density at radius 1 is 1.50 bits per heavy atom. The zero-order chi connectivity index (χ0) is 14.9. The molecule has 4 nitrogen and oxygen atoms in total. The van der Waals surface area contributed by atoms with Crippen LogP contribution in [0.4, 0.5) is 5.69 Å². The second kappa shape index (κ2) is 5.54. The molecule has 4 heteroatoms. The molecule has 0 saturated heterocycles. The first-order valence-electron chi connectivity index (χ1n) is 6.95. The molecule has 1 aromatic rings. The molecule has 2 rings (SSSR count). The maximum absolute atomic E-state index is 12.2. The van der Waals surface area contributed by atoms with E-state index in [1.165, 1.54) is 7.11 Å². The summed E-state index contributed by atoms with van der Waals surface area (Å²) in [6, 6.07) is 7.72. The highest BCUT2D eigenvalue weighted by atomic mass is 16.5. The summed E-state index contributed by atoms with van der Waals surface area (Å²) < 4.78 is 4.99. The van der Waals surface area contributed by atoms with Crippen LogP contribution in [-0.2, 0) is 9.53 Å². The van der Waals surface area contributed by atoms with E-state index in [1.54, 1.807) is 6.07 Å². The smallest absolute Gasteiger partial charge is 0.329 e. The molecule has 20 heavy (non-hydrogen) atoms. The fraction of sp³-hybridized carbons (Fsp3) is 0.500. The fourth-order valence-corrected chi connectivity index (χ4v) is 3.11. The minimum atomic E-state index is -0.297. The van der Waals surface area contributed by atoms with E-state index < -0.39 is 0 Å². The molecule has 0 aromatic heterocycles. The van der Waals surface area contributed by atoms with Gasteiger partial charge in [0.2, 0.25) is 0 Å². The van der Waals surface area contributed by atoms with Crippen molar-refractivity contribution in [3.05, 3.63) is 29.3 Å². The highest BCUT2D eigenvalue weighted by Crippen LogP contribution is 2.44. The highest BCUT2D eigenvalue weighted by Gasteiger charge is 2.43. The minimum Gasteiger partial charge on any atom is -0.467 e. The summed E-state index contributed by atoms with van der Waals surface area (Å²) in [5.74, 6) is -0.131. The van der Waals surface area contributed by atoms with Gasteiger partial charge in [-0.15, -0.1) is 0 Å². The van der Waals surface area contributed by atoms with Crippen molar-refractivity contribution in [2.24, 2.45) is 0 Å². The lowest BCUT2D eigenvalue weighted by molar-refractivity contribution is -0.142. The van der Waals surface area contributed by atoms with Gasteiger partial charge < -0.3 is 9.64 Å². The summed E-state index contributed by atoms with van der Waals surface area (Å²) in [6.45, 7) is 6.19. The van der Waals surface area contributed by atoms with E-state index in [4.69, 9.17) is 10.00 Å². The van der Waals surface area contributed by atoms with E-state index in [1.807, 2.05) is 12.1 Å². The topological polar surface area (TPSA) is 53.3 Å². The van der Waals surface area contributed by atoms with Crippen LogP contribution in [0.25, 0.3) is 0 Å². The van der Waals surface area contributed by atoms with Gasteiger partial charge in [-0.2, -0.15) is 5.26 Å². The van der Waals surface area contributed by atoms with Crippen molar-refractivity contribution < 1.29 is 9.53 Å². The van der Waals surface area contributed by atoms with Gasteiger partial charge in [0.15, 0.2) is 0 Å². The number of fused-ring (bicyclic) bond motifs is 1. The predicted octanol–water partition coefficient (Wildman–Crippen LogP) is 2.82. The van der Waals surface area contributed by atoms with Gasteiger partial charge in [0.1, 0.15) is 6.04 Å². The van der Waals surface area contributed by atoms with Crippen LogP contribution in [0.15, 0.2) is 18.2 Å². The average Bonchev–Trinajstić information content (AvgIpc) is 2.79. The molecular weight excluding hydrogens is 252 g/mol. The van der Waals surface area contributed by atoms with Crippen LogP contribution in [0.3, 0.4) is 0 Å². The summed E-state index contributed by atoms with van der Waals surface area (Å²) >= 11 is 0. The monoisotopic (exact) mass is 272 g/mol. The fourth-order valence-electron chi connectivity index (χ4n) is 3.11. The molecule has 0 amide bonds. The van der Waals surface area contributed by atoms with Gasteiger partial charge >= 0.3 is 5.97 Å². The first-order valence-corrected chi connectivity index (χ1v) is 6.95. The van der Waals surface area contributed by atoms with Gasteiger partial charge in [0.25, 0.3) is 0 Å². The summed E-state index contributed by atoms with van der Waals surface area (Å²) in [5.41, 5.74) is 2.76. The molecule has 1 aliphatic heterocycles. The SMILES string of the molecule is CCC1c2cc(C#N)ccc2N(C(C)C)C1C(=O)OC. The summed E-state index contributed by atoms with van der Waals surface area (Å²) in [4.78, 5) is 14.3. The number of nitriles is 1. The van der Waals surface area contributed by atoms with Crippen LogP contribution in [-0.4, -0.2) is 25.2 Å². The second-order valence-electron chi connectivity index (χ2n) is 5.37. The average molecular weight is 272 g/mol. The second-order valence-corrected chi connectivity index (χ2v) is 5.37. The maximum Gasteiger partial charge on any atom is 0.329 e. The van der Waals surface area contributed by atoms with Crippen LogP contribution < -0.4 is 4.90 Å². The molecule has 106 valence electrons. The van der Waals surface area contributed by atoms with E-state index in [9.17, 15) is 4.79 Å². The maximum atomic E-state index is 12.2. The number of methoxy groups -OCH3 is 1. The van der Waals surface area contributed by atoms with Crippen LogP contribution in [0.5, 0.6) is 0 Å². The van der Waals surface area contributed by atoms with Crippen LogP contribution in [0, 0.1) is 11.3 Å². The summed E-state index contributed by atoms with van der Waals surface area (Å²) in [5, 5.41) is 9.07. The number of anilines is 1. The van der Waals surface area contributed by atoms with Crippen LogP contribution in [0.1, 0.15) is 44.2 Å². The quantitative estimate of drug-likeness (QED) is 0.794. The van der Waals surface area contributed by atoms with E-state index >= 15 is 0 Å². The number of carbonyl (C=O) groups excluding carboxylic acids is 1. The Hall–Kier alpha value is -2.02. The number of benzene rings is 1. The highest BCUT2D eigenvalue weighted by molar-refractivity contribution is 5.86. The standard InChI is InChI=1S/C16H20N2O2/c1-5-12-13-8-11(9-17)6-7-14(13)18(10(2)3)15(12)16(19)20-4/h6-8,10,12,15H,5H2,1-4H3. The number of hydrogen-bond donors (Lipinski definition) is 0. The predicted molar refractivity (Wildman–Crippen MR) is 77.6 cm³/mol. The Balaban J connectivity index is 2.57. The zero-order valence-corrected chi connectivity index (χ0v) is 12.4. The van der Waals surface area contributed by atoms with Gasteiger partial charge in [0, 0.05) is 17.6 Å². The Morgan fingerprint density at radius 3 is 2.70 bits per heavy atom. The number of rotatable bonds is 3. The molecule has 1 aromatic carbocycles. The number of ether oxygens (including phenoxy) is 1. The van der Waals surface area contributed by atoms with Crippen molar-refractivity contribution in [1.29, 1.82) is 5.26 Å². The number of esters is 1. The lowest BCUT2D eigenvalue weighted by Gasteiger charge is -2.31. The van der Waals surface area contributed by atoms with Crippen molar-refractivity contribution in [2.75, 3.05) is 12.0 Å². The number of carbonyl (C=O) groups is 1. The Bertz CT molecular complexity index is 560. The molecule has 1 aliphatic rings. The summed E-state index contributed by atoms with van der Waals surface area (Å²) in [6.07, 6.45) is 0.838. The molecule has 0 N–H and O–H groups in total. The molecule has 1 heterocycles. The van der Waals surface area contributed by atoms with Gasteiger partial charge in [-0.05, 0) is 44.0 Å². The Kier molecular flexibility index (Phi) is 3.99. The van der Waals surface area contributed by atoms with Crippen molar-refractivity contribution in [3.63, 3.8) is 0 Å². The largest absolute Gasteiger partial charge is 0.467 e. The number of nitrogens with zero attached hydrogens (tertiary/aromatic N) is 2. The van der Waals surface area contributed by atoms with Crippen LogP contribution in [0.2, 0.25) is 0 Å². The normalized spacial score (nSPS) is 20.7. The van der Waals surface area contributed by atoms with Gasteiger partial charge in [-0.25, -0.2) is 4.79 Å². The van der Waals surface area contributed by atoms with E-state index in [-0.39, 0.29) is 24.0 Å². The molecule has 0 aliphatic carbocycles. The van der Waals surface area contributed by atoms with Gasteiger partial charge in [-0.3, -0.25) is 0 Å². The van der Waals surface area contributed by atoms with Crippen LogP contribution >= 0.6 is 0 Å². The van der Waals surface area contributed by atoms with Crippen molar-refractivity contribution >= 4 is 11.7 Å². The lowest BCUT2D eigenvalue weighted by Crippen LogP contribution is -2.45. The van der Waals surface area contributed by atoms with Crippen molar-refractivity contribution in [1.82, 2.24) is 0 Å². The molecule has 0 saturated carbocycles. The van der Waals surface area contributed by atoms with E-state index in [0.717, 1.165) is 17.7 Å². The zero-order valence-electron chi connectivity index (χ0n) is 12.4. The molecule has 2 unspecified atom stereocenters.